The van der Waals surface area contributed by atoms with Gasteiger partial charge in [0.15, 0.2) is 5.76 Å². The highest BCUT2D eigenvalue weighted by Gasteiger charge is 2.26. The van der Waals surface area contributed by atoms with Gasteiger partial charge in [0.05, 0.1) is 6.26 Å². The Morgan fingerprint density at radius 1 is 1.13 bits per heavy atom. The van der Waals surface area contributed by atoms with Gasteiger partial charge >= 0.3 is 0 Å². The number of hydrogen-bond donors (Lipinski definition) is 0. The van der Waals surface area contributed by atoms with Crippen LogP contribution < -0.4 is 0 Å². The van der Waals surface area contributed by atoms with Crippen LogP contribution in [0.5, 0.6) is 0 Å². The maximum Gasteiger partial charge on any atom is 0.284 e. The minimum absolute atomic E-state index is 0.0426. The van der Waals surface area contributed by atoms with Crippen LogP contribution >= 0.6 is 11.8 Å². The van der Waals surface area contributed by atoms with E-state index in [1.54, 1.807) is 31.1 Å². The monoisotopic (exact) mass is 329 g/mol. The van der Waals surface area contributed by atoms with Crippen molar-refractivity contribution in [3.8, 4) is 11.7 Å². The van der Waals surface area contributed by atoms with E-state index < -0.39 is 5.25 Å². The van der Waals surface area contributed by atoms with Crippen LogP contribution in [0.1, 0.15) is 10.8 Å². The van der Waals surface area contributed by atoms with Crippen molar-refractivity contribution in [3.05, 3.63) is 54.3 Å². The Kier molecular flexibility index (Phi) is 4.47. The van der Waals surface area contributed by atoms with Crippen LogP contribution in [0.3, 0.4) is 0 Å². The molecule has 23 heavy (non-hydrogen) atoms. The third-order valence-electron chi connectivity index (χ3n) is 3.12. The summed E-state index contributed by atoms with van der Waals surface area (Å²) in [6.45, 7) is 0. The number of nitrogens with zero attached hydrogens (tertiary/aromatic N) is 3. The molecule has 0 unspecified atom stereocenters. The topological polar surface area (TPSA) is 72.4 Å². The van der Waals surface area contributed by atoms with Crippen LogP contribution in [-0.2, 0) is 4.79 Å². The van der Waals surface area contributed by atoms with E-state index in [2.05, 4.69) is 10.2 Å². The Balaban J connectivity index is 1.86. The third kappa shape index (κ3) is 3.45. The summed E-state index contributed by atoms with van der Waals surface area (Å²) in [7, 11) is 3.45. The van der Waals surface area contributed by atoms with Gasteiger partial charge in [-0.05, 0) is 29.5 Å². The molecule has 118 valence electrons. The number of benzene rings is 1. The molecular weight excluding hydrogens is 314 g/mol. The molecule has 0 aliphatic carbocycles. The van der Waals surface area contributed by atoms with Gasteiger partial charge in [0.25, 0.3) is 11.1 Å². The first-order valence-corrected chi connectivity index (χ1v) is 7.83. The van der Waals surface area contributed by atoms with Crippen LogP contribution in [0.4, 0.5) is 0 Å². The second-order valence-electron chi connectivity index (χ2n) is 4.99. The summed E-state index contributed by atoms with van der Waals surface area (Å²) in [4.78, 5) is 14.0. The zero-order chi connectivity index (χ0) is 16.2. The zero-order valence-corrected chi connectivity index (χ0v) is 13.5. The molecule has 2 heterocycles. The summed E-state index contributed by atoms with van der Waals surface area (Å²) < 4.78 is 10.8. The van der Waals surface area contributed by atoms with Gasteiger partial charge in [0, 0.05) is 14.1 Å². The lowest BCUT2D eigenvalue weighted by Crippen LogP contribution is -2.26. The van der Waals surface area contributed by atoms with E-state index in [1.807, 2.05) is 30.3 Å². The average molecular weight is 329 g/mol. The maximum atomic E-state index is 12.5. The average Bonchev–Trinajstić information content (AvgIpc) is 3.24. The van der Waals surface area contributed by atoms with Gasteiger partial charge in [-0.1, -0.05) is 30.3 Å². The Bertz CT molecular complexity index is 769. The normalized spacial score (nSPS) is 12.1. The van der Waals surface area contributed by atoms with Crippen molar-refractivity contribution in [2.75, 3.05) is 14.1 Å². The minimum atomic E-state index is -0.448. The molecule has 1 amide bonds. The highest BCUT2D eigenvalue weighted by molar-refractivity contribution is 8.00. The van der Waals surface area contributed by atoms with Crippen molar-refractivity contribution in [2.24, 2.45) is 0 Å². The molecule has 0 saturated heterocycles. The number of furan rings is 1. The van der Waals surface area contributed by atoms with E-state index in [4.69, 9.17) is 8.83 Å². The number of aromatic nitrogens is 2. The Morgan fingerprint density at radius 2 is 1.91 bits per heavy atom. The lowest BCUT2D eigenvalue weighted by Gasteiger charge is -2.18. The molecule has 0 fully saturated rings. The predicted octanol–water partition coefficient (Wildman–Crippen LogP) is 3.25. The van der Waals surface area contributed by atoms with Crippen LogP contribution in [0.25, 0.3) is 11.7 Å². The first-order chi connectivity index (χ1) is 11.1. The third-order valence-corrected chi connectivity index (χ3v) is 4.20. The van der Waals surface area contributed by atoms with Crippen LogP contribution in [0.15, 0.2) is 62.8 Å². The maximum absolute atomic E-state index is 12.5. The molecule has 3 rings (SSSR count). The smallest absolute Gasteiger partial charge is 0.284 e. The minimum Gasteiger partial charge on any atom is -0.459 e. The standard InChI is InChI=1S/C16H15N3O3S/c1-19(2)15(20)13(11-7-4-3-5-8-11)23-16-18-17-14(22-16)12-9-6-10-21-12/h3-10,13H,1-2H3/t13-/m1/s1. The van der Waals surface area contributed by atoms with Crippen molar-refractivity contribution in [1.29, 1.82) is 0 Å². The molecule has 0 spiro atoms. The zero-order valence-electron chi connectivity index (χ0n) is 12.7. The molecule has 0 saturated carbocycles. The van der Waals surface area contributed by atoms with Gasteiger partial charge in [0.1, 0.15) is 5.25 Å². The van der Waals surface area contributed by atoms with Crippen LogP contribution in [0, 0.1) is 0 Å². The molecule has 2 aromatic heterocycles. The molecule has 0 radical (unpaired) electrons. The molecule has 0 aliphatic rings. The molecule has 7 heteroatoms. The van der Waals surface area contributed by atoms with Gasteiger partial charge in [-0.3, -0.25) is 4.79 Å². The van der Waals surface area contributed by atoms with Crippen molar-refractivity contribution in [3.63, 3.8) is 0 Å². The largest absolute Gasteiger partial charge is 0.459 e. The lowest BCUT2D eigenvalue weighted by atomic mass is 10.1. The van der Waals surface area contributed by atoms with Gasteiger partial charge < -0.3 is 13.7 Å². The number of carbonyl (C=O) groups is 1. The lowest BCUT2D eigenvalue weighted by molar-refractivity contribution is -0.128. The van der Waals surface area contributed by atoms with E-state index in [0.717, 1.165) is 5.56 Å². The van der Waals surface area contributed by atoms with Gasteiger partial charge in [0.2, 0.25) is 5.91 Å². The van der Waals surface area contributed by atoms with Crippen LogP contribution in [0.2, 0.25) is 0 Å². The Labute approximate surface area is 137 Å². The second-order valence-corrected chi connectivity index (χ2v) is 6.05. The van der Waals surface area contributed by atoms with E-state index in [-0.39, 0.29) is 5.91 Å². The Hall–Kier alpha value is -2.54. The van der Waals surface area contributed by atoms with Crippen molar-refractivity contribution in [1.82, 2.24) is 15.1 Å². The van der Waals surface area contributed by atoms with Crippen LogP contribution in [-0.4, -0.2) is 35.1 Å². The fourth-order valence-corrected chi connectivity index (χ4v) is 3.00. The summed E-state index contributed by atoms with van der Waals surface area (Å²) in [6, 6.07) is 13.0. The molecule has 1 atom stereocenters. The summed E-state index contributed by atoms with van der Waals surface area (Å²) in [5, 5.41) is 7.82. The number of amides is 1. The quantitative estimate of drug-likeness (QED) is 0.669. The molecular formula is C16H15N3O3S. The fourth-order valence-electron chi connectivity index (χ4n) is 1.98. The molecule has 0 N–H and O–H groups in total. The number of thioether (sulfide) groups is 1. The summed E-state index contributed by atoms with van der Waals surface area (Å²) in [6.07, 6.45) is 1.54. The highest BCUT2D eigenvalue weighted by atomic mass is 32.2. The first kappa shape index (κ1) is 15.4. The predicted molar refractivity (Wildman–Crippen MR) is 85.7 cm³/mol. The van der Waals surface area contributed by atoms with Gasteiger partial charge in [-0.2, -0.15) is 0 Å². The highest BCUT2D eigenvalue weighted by Crippen LogP contribution is 2.36. The number of hydrogen-bond acceptors (Lipinski definition) is 6. The van der Waals surface area contributed by atoms with E-state index in [1.165, 1.54) is 18.0 Å². The van der Waals surface area contributed by atoms with Crippen molar-refractivity contribution < 1.29 is 13.6 Å². The number of carbonyl (C=O) groups excluding carboxylic acids is 1. The SMILES string of the molecule is CN(C)C(=O)[C@H](Sc1nnc(-c2ccco2)o1)c1ccccc1. The molecule has 3 aromatic rings. The van der Waals surface area contributed by atoms with Crippen molar-refractivity contribution in [2.45, 2.75) is 10.5 Å². The van der Waals surface area contributed by atoms with E-state index in [9.17, 15) is 4.79 Å². The molecule has 1 aromatic carbocycles. The molecule has 6 nitrogen and oxygen atoms in total. The second kappa shape index (κ2) is 6.70. The summed E-state index contributed by atoms with van der Waals surface area (Å²) in [5.41, 5.74) is 0.883. The summed E-state index contributed by atoms with van der Waals surface area (Å²) in [5.74, 6) is 0.750. The van der Waals surface area contributed by atoms with E-state index >= 15 is 0 Å². The first-order valence-electron chi connectivity index (χ1n) is 6.95. The summed E-state index contributed by atoms with van der Waals surface area (Å²) >= 11 is 1.22. The molecule has 0 aliphatic heterocycles. The van der Waals surface area contributed by atoms with Gasteiger partial charge in [-0.15, -0.1) is 10.2 Å². The number of likely N-dealkylation sites (N-methyl/N-ethyl adjacent to an activating group) is 1. The Morgan fingerprint density at radius 3 is 2.57 bits per heavy atom. The number of rotatable bonds is 5. The van der Waals surface area contributed by atoms with Gasteiger partial charge in [-0.25, -0.2) is 0 Å². The van der Waals surface area contributed by atoms with Crippen molar-refractivity contribution >= 4 is 17.7 Å². The van der Waals surface area contributed by atoms with E-state index in [0.29, 0.717) is 16.9 Å². The fraction of sp³-hybridized carbons (Fsp3) is 0.188. The molecule has 0 bridgehead atoms.